The number of esters is 2. The van der Waals surface area contributed by atoms with E-state index in [4.69, 9.17) is 14.2 Å². The Bertz CT molecular complexity index is 678. The van der Waals surface area contributed by atoms with E-state index in [1.165, 1.54) is 14.0 Å². The molecular formula is C14H12BrNO5. The van der Waals surface area contributed by atoms with Crippen molar-refractivity contribution in [1.82, 2.24) is 0 Å². The van der Waals surface area contributed by atoms with Crippen LogP contribution < -0.4 is 9.47 Å². The zero-order valence-corrected chi connectivity index (χ0v) is 13.2. The molecule has 1 aliphatic heterocycles. The molecule has 0 bridgehead atoms. The molecule has 0 saturated heterocycles. The summed E-state index contributed by atoms with van der Waals surface area (Å²) in [5, 5.41) is 0. The quantitative estimate of drug-likeness (QED) is 0.474. The molecule has 1 aliphatic rings. The highest BCUT2D eigenvalue weighted by molar-refractivity contribution is 9.10. The van der Waals surface area contributed by atoms with Crippen molar-refractivity contribution in [3.05, 3.63) is 27.9 Å². The van der Waals surface area contributed by atoms with E-state index in [9.17, 15) is 9.59 Å². The molecule has 0 N–H and O–H groups in total. The molecule has 21 heavy (non-hydrogen) atoms. The van der Waals surface area contributed by atoms with E-state index in [0.717, 1.165) is 0 Å². The van der Waals surface area contributed by atoms with Gasteiger partial charge in [-0.25, -0.2) is 9.79 Å². The molecule has 0 amide bonds. The smallest absolute Gasteiger partial charge is 0.363 e. The van der Waals surface area contributed by atoms with Gasteiger partial charge in [0.05, 0.1) is 11.6 Å². The Labute approximate surface area is 129 Å². The molecule has 2 rings (SSSR count). The molecular weight excluding hydrogens is 342 g/mol. The number of rotatable bonds is 3. The van der Waals surface area contributed by atoms with Gasteiger partial charge in [-0.1, -0.05) is 0 Å². The van der Waals surface area contributed by atoms with Crippen LogP contribution in [0.25, 0.3) is 6.08 Å². The summed E-state index contributed by atoms with van der Waals surface area (Å²) in [6.45, 7) is 2.90. The van der Waals surface area contributed by atoms with E-state index in [2.05, 4.69) is 20.9 Å². The van der Waals surface area contributed by atoms with Crippen molar-refractivity contribution in [2.75, 3.05) is 7.11 Å². The summed E-state index contributed by atoms with van der Waals surface area (Å²) in [7, 11) is 1.46. The second kappa shape index (κ2) is 6.09. The largest absolute Gasteiger partial charge is 0.493 e. The van der Waals surface area contributed by atoms with Gasteiger partial charge in [0.2, 0.25) is 0 Å². The first-order valence-electron chi connectivity index (χ1n) is 5.96. The lowest BCUT2D eigenvalue weighted by Crippen LogP contribution is -2.04. The molecule has 0 unspecified atom stereocenters. The number of methoxy groups -OCH3 is 1. The fraction of sp³-hybridized carbons (Fsp3) is 0.214. The Morgan fingerprint density at radius 1 is 1.43 bits per heavy atom. The lowest BCUT2D eigenvalue weighted by Gasteiger charge is -2.11. The summed E-state index contributed by atoms with van der Waals surface area (Å²) in [5.74, 6) is -0.0283. The van der Waals surface area contributed by atoms with E-state index in [1.807, 2.05) is 0 Å². The Morgan fingerprint density at radius 2 is 2.14 bits per heavy atom. The highest BCUT2D eigenvalue weighted by Gasteiger charge is 2.20. The van der Waals surface area contributed by atoms with Crippen LogP contribution in [0.1, 0.15) is 19.4 Å². The second-order valence-electron chi connectivity index (χ2n) is 4.18. The lowest BCUT2D eigenvalue weighted by atomic mass is 10.1. The molecule has 0 aliphatic carbocycles. The average molecular weight is 354 g/mol. The SMILES string of the molecule is COc1cc(/C=C2\N=C(C)OC2=O)cc(Br)c1OC(C)=O. The van der Waals surface area contributed by atoms with Gasteiger partial charge in [0.25, 0.3) is 0 Å². The number of hydrogen-bond acceptors (Lipinski definition) is 6. The number of cyclic esters (lactones) is 1. The summed E-state index contributed by atoms with van der Waals surface area (Å²) in [6.07, 6.45) is 1.56. The van der Waals surface area contributed by atoms with Crippen molar-refractivity contribution >= 4 is 39.8 Å². The van der Waals surface area contributed by atoms with E-state index < -0.39 is 11.9 Å². The molecule has 1 aromatic carbocycles. The standard InChI is InChI=1S/C14H12BrNO5/c1-7-16-11(14(18)20-7)5-9-4-10(15)13(21-8(2)17)12(6-9)19-3/h4-6H,1-3H3/b11-5-. The van der Waals surface area contributed by atoms with Crippen molar-refractivity contribution in [3.63, 3.8) is 0 Å². The molecule has 0 fully saturated rings. The van der Waals surface area contributed by atoms with E-state index in [-0.39, 0.29) is 11.4 Å². The lowest BCUT2D eigenvalue weighted by molar-refractivity contribution is -0.132. The predicted molar refractivity (Wildman–Crippen MR) is 79.2 cm³/mol. The maximum absolute atomic E-state index is 11.5. The minimum atomic E-state index is -0.508. The van der Waals surface area contributed by atoms with Crippen LogP contribution in [0.3, 0.4) is 0 Å². The summed E-state index contributed by atoms with van der Waals surface area (Å²) in [6, 6.07) is 3.32. The third-order valence-electron chi connectivity index (χ3n) is 2.53. The average Bonchev–Trinajstić information content (AvgIpc) is 2.70. The van der Waals surface area contributed by atoms with Gasteiger partial charge in [0, 0.05) is 13.8 Å². The molecule has 1 aromatic rings. The van der Waals surface area contributed by atoms with Crippen molar-refractivity contribution in [1.29, 1.82) is 0 Å². The van der Waals surface area contributed by atoms with Gasteiger partial charge >= 0.3 is 11.9 Å². The zero-order valence-electron chi connectivity index (χ0n) is 11.6. The van der Waals surface area contributed by atoms with Crippen LogP contribution >= 0.6 is 15.9 Å². The van der Waals surface area contributed by atoms with Crippen LogP contribution in [0.5, 0.6) is 11.5 Å². The van der Waals surface area contributed by atoms with Gasteiger partial charge in [-0.15, -0.1) is 0 Å². The van der Waals surface area contributed by atoms with Crippen LogP contribution in [0.2, 0.25) is 0 Å². The molecule has 0 saturated carbocycles. The predicted octanol–water partition coefficient (Wildman–Crippen LogP) is 2.70. The van der Waals surface area contributed by atoms with Crippen LogP contribution in [0.15, 0.2) is 27.3 Å². The summed E-state index contributed by atoms with van der Waals surface area (Å²) in [5.41, 5.74) is 0.849. The maximum Gasteiger partial charge on any atom is 0.363 e. The number of ether oxygens (including phenoxy) is 3. The van der Waals surface area contributed by atoms with Gasteiger partial charge in [0.1, 0.15) is 0 Å². The van der Waals surface area contributed by atoms with Crippen molar-refractivity contribution < 1.29 is 23.8 Å². The van der Waals surface area contributed by atoms with Gasteiger partial charge in [-0.3, -0.25) is 4.79 Å². The number of carbonyl (C=O) groups excluding carboxylic acids is 2. The van der Waals surface area contributed by atoms with Crippen LogP contribution in [0.4, 0.5) is 0 Å². The summed E-state index contributed by atoms with van der Waals surface area (Å²) in [4.78, 5) is 26.6. The molecule has 0 atom stereocenters. The highest BCUT2D eigenvalue weighted by atomic mass is 79.9. The number of aliphatic imine (C=N–C) groups is 1. The molecule has 1 heterocycles. The first-order chi connectivity index (χ1) is 9.90. The Hall–Kier alpha value is -2.15. The number of hydrogen-bond donors (Lipinski definition) is 0. The second-order valence-corrected chi connectivity index (χ2v) is 5.03. The van der Waals surface area contributed by atoms with Gasteiger partial charge in [-0.05, 0) is 39.7 Å². The molecule has 0 radical (unpaired) electrons. The monoisotopic (exact) mass is 353 g/mol. The molecule has 110 valence electrons. The minimum Gasteiger partial charge on any atom is -0.493 e. The van der Waals surface area contributed by atoms with Crippen LogP contribution in [-0.2, 0) is 14.3 Å². The van der Waals surface area contributed by atoms with E-state index in [1.54, 1.807) is 25.1 Å². The van der Waals surface area contributed by atoms with Crippen molar-refractivity contribution in [2.24, 2.45) is 4.99 Å². The van der Waals surface area contributed by atoms with Crippen molar-refractivity contribution in [3.8, 4) is 11.5 Å². The molecule has 0 aromatic heterocycles. The van der Waals surface area contributed by atoms with Gasteiger partial charge in [0.15, 0.2) is 23.1 Å². The summed E-state index contributed by atoms with van der Waals surface area (Å²) >= 11 is 3.31. The number of benzene rings is 1. The van der Waals surface area contributed by atoms with Crippen LogP contribution in [0, 0.1) is 0 Å². The fourth-order valence-corrected chi connectivity index (χ4v) is 2.28. The third-order valence-corrected chi connectivity index (χ3v) is 3.12. The first-order valence-corrected chi connectivity index (χ1v) is 6.75. The topological polar surface area (TPSA) is 74.2 Å². The summed E-state index contributed by atoms with van der Waals surface area (Å²) < 4.78 is 15.6. The van der Waals surface area contributed by atoms with Gasteiger partial charge in [-0.2, -0.15) is 0 Å². The Balaban J connectivity index is 2.43. The minimum absolute atomic E-state index is 0.196. The third kappa shape index (κ3) is 3.49. The van der Waals surface area contributed by atoms with Crippen molar-refractivity contribution in [2.45, 2.75) is 13.8 Å². The fourth-order valence-electron chi connectivity index (χ4n) is 1.74. The highest BCUT2D eigenvalue weighted by Crippen LogP contribution is 2.37. The van der Waals surface area contributed by atoms with E-state index in [0.29, 0.717) is 21.7 Å². The molecule has 6 nitrogen and oxygen atoms in total. The zero-order chi connectivity index (χ0) is 15.6. The first kappa shape index (κ1) is 15.2. The molecule has 7 heteroatoms. The number of nitrogens with zero attached hydrogens (tertiary/aromatic N) is 1. The molecule has 0 spiro atoms. The Kier molecular flexibility index (Phi) is 4.42. The maximum atomic E-state index is 11.5. The van der Waals surface area contributed by atoms with Gasteiger partial charge < -0.3 is 14.2 Å². The Morgan fingerprint density at radius 3 is 2.67 bits per heavy atom. The van der Waals surface area contributed by atoms with Crippen LogP contribution in [-0.4, -0.2) is 24.9 Å². The number of carbonyl (C=O) groups is 2. The normalized spacial score (nSPS) is 15.7. The van der Waals surface area contributed by atoms with E-state index >= 15 is 0 Å². The number of halogens is 1.